The molecule has 0 fully saturated rings. The van der Waals surface area contributed by atoms with Gasteiger partial charge in [-0.25, -0.2) is 0 Å². The normalized spacial score (nSPS) is 12.1. The van der Waals surface area contributed by atoms with Gasteiger partial charge in [0.25, 0.3) is 0 Å². The quantitative estimate of drug-likeness (QED) is 0.720. The number of hydrogen-bond acceptors (Lipinski definition) is 8. The van der Waals surface area contributed by atoms with Crippen molar-refractivity contribution in [1.82, 2.24) is 15.0 Å². The zero-order valence-electron chi connectivity index (χ0n) is 13.7. The Morgan fingerprint density at radius 3 is 2.77 bits per heavy atom. The SMILES string of the molecule is COc1ccc(Cl)cc1-c1nc(N)nc(Nc2ccc3c(c2)OCO3)n1. The molecule has 2 heterocycles. The molecule has 1 aliphatic heterocycles. The number of nitrogens with zero attached hydrogens (tertiary/aromatic N) is 3. The number of aromatic nitrogens is 3. The van der Waals surface area contributed by atoms with Crippen LogP contribution in [0, 0.1) is 0 Å². The van der Waals surface area contributed by atoms with Crippen molar-refractivity contribution < 1.29 is 14.2 Å². The van der Waals surface area contributed by atoms with Crippen LogP contribution in [0.25, 0.3) is 11.4 Å². The Hall–Kier alpha value is -3.26. The molecule has 0 aliphatic carbocycles. The third-order valence-corrected chi connectivity index (χ3v) is 3.92. The van der Waals surface area contributed by atoms with Gasteiger partial charge in [-0.2, -0.15) is 15.0 Å². The molecule has 3 aromatic rings. The lowest BCUT2D eigenvalue weighted by Gasteiger charge is -2.10. The number of nitrogens with two attached hydrogens (primary N) is 1. The number of methoxy groups -OCH3 is 1. The van der Waals surface area contributed by atoms with Gasteiger partial charge in [0.1, 0.15) is 5.75 Å². The van der Waals surface area contributed by atoms with Crippen LogP contribution >= 0.6 is 11.6 Å². The lowest BCUT2D eigenvalue weighted by molar-refractivity contribution is 0.174. The Morgan fingerprint density at radius 1 is 1.08 bits per heavy atom. The monoisotopic (exact) mass is 371 g/mol. The predicted molar refractivity (Wildman–Crippen MR) is 97.1 cm³/mol. The number of nitrogen functional groups attached to an aromatic ring is 1. The van der Waals surface area contributed by atoms with E-state index < -0.39 is 0 Å². The van der Waals surface area contributed by atoms with E-state index in [0.29, 0.717) is 33.7 Å². The molecule has 0 saturated carbocycles. The lowest BCUT2D eigenvalue weighted by Crippen LogP contribution is -2.05. The van der Waals surface area contributed by atoms with Crippen molar-refractivity contribution in [3.63, 3.8) is 0 Å². The van der Waals surface area contributed by atoms with Crippen molar-refractivity contribution in [2.24, 2.45) is 0 Å². The first kappa shape index (κ1) is 16.2. The molecular weight excluding hydrogens is 358 g/mol. The number of ether oxygens (including phenoxy) is 3. The van der Waals surface area contributed by atoms with E-state index >= 15 is 0 Å². The molecule has 0 bridgehead atoms. The Kier molecular flexibility index (Phi) is 4.10. The maximum absolute atomic E-state index is 6.09. The number of nitrogens with one attached hydrogen (secondary N) is 1. The van der Waals surface area contributed by atoms with Gasteiger partial charge in [0.15, 0.2) is 17.3 Å². The highest BCUT2D eigenvalue weighted by Gasteiger charge is 2.15. The molecule has 0 unspecified atom stereocenters. The average molecular weight is 372 g/mol. The van der Waals surface area contributed by atoms with E-state index in [9.17, 15) is 0 Å². The second kappa shape index (κ2) is 6.57. The second-order valence-corrected chi connectivity index (χ2v) is 5.81. The molecule has 0 radical (unpaired) electrons. The fourth-order valence-electron chi connectivity index (χ4n) is 2.53. The topological polar surface area (TPSA) is 104 Å². The minimum atomic E-state index is 0.0697. The van der Waals surface area contributed by atoms with Gasteiger partial charge < -0.3 is 25.3 Å². The van der Waals surface area contributed by atoms with Crippen LogP contribution in [0.1, 0.15) is 0 Å². The summed E-state index contributed by atoms with van der Waals surface area (Å²) in [6, 6.07) is 10.6. The number of anilines is 3. The van der Waals surface area contributed by atoms with Crippen LogP contribution in [0.5, 0.6) is 17.2 Å². The van der Waals surface area contributed by atoms with E-state index in [1.165, 1.54) is 0 Å². The largest absolute Gasteiger partial charge is 0.496 e. The highest BCUT2D eigenvalue weighted by Crippen LogP contribution is 2.35. The summed E-state index contributed by atoms with van der Waals surface area (Å²) in [6.45, 7) is 0.205. The highest BCUT2D eigenvalue weighted by atomic mass is 35.5. The van der Waals surface area contributed by atoms with E-state index in [1.54, 1.807) is 37.4 Å². The van der Waals surface area contributed by atoms with E-state index in [-0.39, 0.29) is 18.7 Å². The Morgan fingerprint density at radius 2 is 1.92 bits per heavy atom. The number of fused-ring (bicyclic) bond motifs is 1. The predicted octanol–water partition coefficient (Wildman–Crippen LogP) is 3.26. The summed E-state index contributed by atoms with van der Waals surface area (Å²) < 4.78 is 16.0. The second-order valence-electron chi connectivity index (χ2n) is 5.38. The number of rotatable bonds is 4. The van der Waals surface area contributed by atoms with Gasteiger partial charge in [-0.05, 0) is 30.3 Å². The number of benzene rings is 2. The molecule has 8 nitrogen and oxygen atoms in total. The molecule has 1 aromatic heterocycles. The molecule has 9 heteroatoms. The van der Waals surface area contributed by atoms with Crippen molar-refractivity contribution >= 4 is 29.2 Å². The first-order valence-corrected chi connectivity index (χ1v) is 8.02. The third kappa shape index (κ3) is 3.14. The van der Waals surface area contributed by atoms with Crippen molar-refractivity contribution in [1.29, 1.82) is 0 Å². The smallest absolute Gasteiger partial charge is 0.232 e. The molecule has 0 spiro atoms. The average Bonchev–Trinajstić information content (AvgIpc) is 3.09. The van der Waals surface area contributed by atoms with Crippen molar-refractivity contribution in [3.8, 4) is 28.6 Å². The number of halogens is 1. The van der Waals surface area contributed by atoms with Crippen LogP contribution in [0.4, 0.5) is 17.6 Å². The van der Waals surface area contributed by atoms with Crippen LogP contribution in [0.15, 0.2) is 36.4 Å². The lowest BCUT2D eigenvalue weighted by atomic mass is 10.2. The Labute approximate surface area is 153 Å². The van der Waals surface area contributed by atoms with Crippen molar-refractivity contribution in [2.45, 2.75) is 0 Å². The van der Waals surface area contributed by atoms with Gasteiger partial charge in [0.2, 0.25) is 18.7 Å². The molecule has 132 valence electrons. The summed E-state index contributed by atoms with van der Waals surface area (Å²) in [5, 5.41) is 3.62. The standard InChI is InChI=1S/C17H14ClN5O3/c1-24-12-4-2-9(18)6-11(12)15-21-16(19)23-17(22-15)20-10-3-5-13-14(7-10)26-8-25-13/h2-7H,8H2,1H3,(H3,19,20,21,22,23). The Balaban J connectivity index is 1.70. The first-order valence-electron chi connectivity index (χ1n) is 7.64. The van der Waals surface area contributed by atoms with E-state index in [0.717, 1.165) is 5.69 Å². The molecule has 0 saturated heterocycles. The van der Waals surface area contributed by atoms with Crippen molar-refractivity contribution in [2.75, 3.05) is 25.0 Å². The molecule has 26 heavy (non-hydrogen) atoms. The summed E-state index contributed by atoms with van der Waals surface area (Å²) in [4.78, 5) is 12.7. The highest BCUT2D eigenvalue weighted by molar-refractivity contribution is 6.30. The van der Waals surface area contributed by atoms with Gasteiger partial charge in [0.05, 0.1) is 12.7 Å². The van der Waals surface area contributed by atoms with Gasteiger partial charge in [0, 0.05) is 16.8 Å². The fourth-order valence-corrected chi connectivity index (χ4v) is 2.70. The van der Waals surface area contributed by atoms with Gasteiger partial charge in [-0.15, -0.1) is 0 Å². The zero-order valence-corrected chi connectivity index (χ0v) is 14.4. The molecule has 4 rings (SSSR count). The zero-order chi connectivity index (χ0) is 18.1. The molecular formula is C17H14ClN5O3. The number of hydrogen-bond donors (Lipinski definition) is 2. The van der Waals surface area contributed by atoms with Crippen molar-refractivity contribution in [3.05, 3.63) is 41.4 Å². The van der Waals surface area contributed by atoms with E-state index in [2.05, 4.69) is 20.3 Å². The molecule has 0 atom stereocenters. The summed E-state index contributed by atoms with van der Waals surface area (Å²) in [7, 11) is 1.56. The molecule has 3 N–H and O–H groups in total. The summed E-state index contributed by atoms with van der Waals surface area (Å²) in [5.74, 6) is 2.62. The van der Waals surface area contributed by atoms with Gasteiger partial charge in [-0.1, -0.05) is 11.6 Å². The third-order valence-electron chi connectivity index (χ3n) is 3.68. The molecule has 1 aliphatic rings. The minimum Gasteiger partial charge on any atom is -0.496 e. The van der Waals surface area contributed by atoms with Gasteiger partial charge in [-0.3, -0.25) is 0 Å². The maximum atomic E-state index is 6.09. The van der Waals surface area contributed by atoms with E-state index in [4.69, 9.17) is 31.5 Å². The molecule has 2 aromatic carbocycles. The maximum Gasteiger partial charge on any atom is 0.232 e. The first-order chi connectivity index (χ1) is 12.6. The van der Waals surface area contributed by atoms with Crippen LogP contribution in [-0.4, -0.2) is 28.9 Å². The van der Waals surface area contributed by atoms with E-state index in [1.807, 2.05) is 6.07 Å². The fraction of sp³-hybridized carbons (Fsp3) is 0.118. The molecule has 0 amide bonds. The summed E-state index contributed by atoms with van der Waals surface area (Å²) in [6.07, 6.45) is 0. The summed E-state index contributed by atoms with van der Waals surface area (Å²) >= 11 is 6.09. The van der Waals surface area contributed by atoms with Crippen LogP contribution < -0.4 is 25.3 Å². The minimum absolute atomic E-state index is 0.0697. The Bertz CT molecular complexity index is 983. The van der Waals surface area contributed by atoms with Crippen LogP contribution in [-0.2, 0) is 0 Å². The van der Waals surface area contributed by atoms with Gasteiger partial charge >= 0.3 is 0 Å². The van der Waals surface area contributed by atoms with Crippen LogP contribution in [0.2, 0.25) is 5.02 Å². The van der Waals surface area contributed by atoms with Crippen LogP contribution in [0.3, 0.4) is 0 Å². The summed E-state index contributed by atoms with van der Waals surface area (Å²) in [5.41, 5.74) is 7.19.